The standard InChI is InChI=1S/C21H28F3NO4/c1-6-28-18(26)13-8-7-10-16-15(11-9-12-17(16)21(22,23)24)14(2)25-19(27)29-20(3,4)5/h7,9-12,14H,6,8,13H2,1-5H3,(H,25,27)/b10-7+/t14-/m1/s1. The van der Waals surface area contributed by atoms with E-state index in [0.29, 0.717) is 0 Å². The lowest BCUT2D eigenvalue weighted by Gasteiger charge is -2.23. The average molecular weight is 415 g/mol. The molecule has 0 spiro atoms. The highest BCUT2D eigenvalue weighted by Crippen LogP contribution is 2.36. The molecule has 1 aromatic rings. The van der Waals surface area contributed by atoms with Crippen LogP contribution in [0.2, 0.25) is 0 Å². The van der Waals surface area contributed by atoms with Crippen molar-refractivity contribution in [1.29, 1.82) is 0 Å². The van der Waals surface area contributed by atoms with Gasteiger partial charge in [0.15, 0.2) is 0 Å². The van der Waals surface area contributed by atoms with Crippen molar-refractivity contribution in [3.8, 4) is 0 Å². The van der Waals surface area contributed by atoms with E-state index in [1.54, 1.807) is 34.6 Å². The van der Waals surface area contributed by atoms with E-state index in [1.807, 2.05) is 0 Å². The van der Waals surface area contributed by atoms with Crippen LogP contribution < -0.4 is 5.32 Å². The molecule has 0 unspecified atom stereocenters. The zero-order chi connectivity index (χ0) is 22.2. The normalized spacial score (nSPS) is 13.2. The minimum absolute atomic E-state index is 0.0626. The van der Waals surface area contributed by atoms with Gasteiger partial charge in [0.05, 0.1) is 18.2 Å². The number of alkyl carbamates (subject to hydrolysis) is 1. The van der Waals surface area contributed by atoms with Crippen molar-refractivity contribution >= 4 is 18.1 Å². The van der Waals surface area contributed by atoms with Gasteiger partial charge in [0.1, 0.15) is 5.60 Å². The fourth-order valence-electron chi connectivity index (χ4n) is 2.59. The summed E-state index contributed by atoms with van der Waals surface area (Å²) in [6.45, 7) is 8.59. The van der Waals surface area contributed by atoms with Crippen molar-refractivity contribution in [1.82, 2.24) is 5.32 Å². The maximum Gasteiger partial charge on any atom is 0.416 e. The maximum atomic E-state index is 13.5. The van der Waals surface area contributed by atoms with Crippen LogP contribution in [0, 0.1) is 0 Å². The van der Waals surface area contributed by atoms with E-state index >= 15 is 0 Å². The number of ether oxygens (including phenoxy) is 2. The number of nitrogens with one attached hydrogen (secondary N) is 1. The van der Waals surface area contributed by atoms with E-state index < -0.39 is 35.4 Å². The molecule has 0 radical (unpaired) electrons. The van der Waals surface area contributed by atoms with Crippen molar-refractivity contribution in [2.45, 2.75) is 65.3 Å². The van der Waals surface area contributed by atoms with Gasteiger partial charge in [0.2, 0.25) is 0 Å². The van der Waals surface area contributed by atoms with Crippen molar-refractivity contribution in [3.63, 3.8) is 0 Å². The lowest BCUT2D eigenvalue weighted by molar-refractivity contribution is -0.143. The number of hydrogen-bond acceptors (Lipinski definition) is 4. The monoisotopic (exact) mass is 415 g/mol. The molecule has 1 atom stereocenters. The Kier molecular flexibility index (Phi) is 8.73. The number of esters is 1. The van der Waals surface area contributed by atoms with Crippen LogP contribution in [0.4, 0.5) is 18.0 Å². The van der Waals surface area contributed by atoms with Crippen molar-refractivity contribution in [2.24, 2.45) is 0 Å². The topological polar surface area (TPSA) is 64.6 Å². The molecule has 29 heavy (non-hydrogen) atoms. The zero-order valence-electron chi connectivity index (χ0n) is 17.4. The molecule has 0 aromatic heterocycles. The quantitative estimate of drug-likeness (QED) is 0.585. The fraction of sp³-hybridized carbons (Fsp3) is 0.524. The Morgan fingerprint density at radius 3 is 2.41 bits per heavy atom. The predicted octanol–water partition coefficient (Wildman–Crippen LogP) is 5.65. The molecule has 0 aliphatic heterocycles. The number of halogens is 3. The number of hydrogen-bond donors (Lipinski definition) is 1. The lowest BCUT2D eigenvalue weighted by atomic mass is 9.95. The van der Waals surface area contributed by atoms with Gasteiger partial charge in [-0.05, 0) is 58.2 Å². The van der Waals surface area contributed by atoms with E-state index in [1.165, 1.54) is 24.3 Å². The van der Waals surface area contributed by atoms with Gasteiger partial charge in [-0.15, -0.1) is 0 Å². The van der Waals surface area contributed by atoms with E-state index in [0.717, 1.165) is 6.07 Å². The molecule has 8 heteroatoms. The fourth-order valence-corrected chi connectivity index (χ4v) is 2.59. The number of amides is 1. The molecule has 1 rings (SSSR count). The number of benzene rings is 1. The number of carbonyl (C=O) groups is 2. The Bertz CT molecular complexity index is 736. The van der Waals surface area contributed by atoms with Crippen LogP contribution in [-0.2, 0) is 20.4 Å². The van der Waals surface area contributed by atoms with Gasteiger partial charge >= 0.3 is 18.2 Å². The molecule has 0 bridgehead atoms. The Balaban J connectivity index is 3.10. The van der Waals surface area contributed by atoms with Crippen LogP contribution in [0.1, 0.15) is 70.2 Å². The predicted molar refractivity (Wildman–Crippen MR) is 104 cm³/mol. The van der Waals surface area contributed by atoms with E-state index in [9.17, 15) is 22.8 Å². The van der Waals surface area contributed by atoms with Gasteiger partial charge in [-0.1, -0.05) is 24.3 Å². The number of allylic oxidation sites excluding steroid dienone is 1. The summed E-state index contributed by atoms with van der Waals surface area (Å²) in [4.78, 5) is 23.4. The molecule has 1 N–H and O–H groups in total. The molecule has 1 amide bonds. The third-order valence-electron chi connectivity index (χ3n) is 3.75. The first-order chi connectivity index (χ1) is 13.3. The minimum Gasteiger partial charge on any atom is -0.466 e. The first kappa shape index (κ1) is 24.5. The second-order valence-corrected chi connectivity index (χ2v) is 7.42. The smallest absolute Gasteiger partial charge is 0.416 e. The molecule has 0 aliphatic rings. The zero-order valence-corrected chi connectivity index (χ0v) is 17.4. The van der Waals surface area contributed by atoms with Crippen LogP contribution in [-0.4, -0.2) is 24.3 Å². The van der Waals surface area contributed by atoms with Crippen LogP contribution in [0.5, 0.6) is 0 Å². The van der Waals surface area contributed by atoms with Crippen LogP contribution in [0.25, 0.3) is 6.08 Å². The lowest BCUT2D eigenvalue weighted by Crippen LogP contribution is -2.34. The Morgan fingerprint density at radius 1 is 1.21 bits per heavy atom. The van der Waals surface area contributed by atoms with Crippen LogP contribution in [0.3, 0.4) is 0 Å². The summed E-state index contributed by atoms with van der Waals surface area (Å²) in [6, 6.07) is 3.06. The van der Waals surface area contributed by atoms with E-state index in [2.05, 4.69) is 5.32 Å². The first-order valence-corrected chi connectivity index (χ1v) is 9.37. The average Bonchev–Trinajstić information content (AvgIpc) is 2.56. The molecule has 0 aliphatic carbocycles. The molecule has 162 valence electrons. The van der Waals surface area contributed by atoms with Crippen LogP contribution in [0.15, 0.2) is 24.3 Å². The highest BCUT2D eigenvalue weighted by molar-refractivity contribution is 5.70. The summed E-state index contributed by atoms with van der Waals surface area (Å²) in [5.41, 5.74) is -1.32. The summed E-state index contributed by atoms with van der Waals surface area (Å²) in [6.07, 6.45) is -2.17. The Labute approximate surface area is 169 Å². The second-order valence-electron chi connectivity index (χ2n) is 7.42. The molecule has 0 heterocycles. The van der Waals surface area contributed by atoms with Crippen molar-refractivity contribution in [2.75, 3.05) is 6.61 Å². The molecule has 1 aromatic carbocycles. The SMILES string of the molecule is CCOC(=O)CC/C=C/c1c([C@@H](C)NC(=O)OC(C)(C)C)cccc1C(F)(F)F. The van der Waals surface area contributed by atoms with Gasteiger partial charge in [0.25, 0.3) is 0 Å². The Hall–Kier alpha value is -2.51. The minimum atomic E-state index is -4.57. The molecule has 0 saturated carbocycles. The summed E-state index contributed by atoms with van der Waals surface area (Å²) in [7, 11) is 0. The van der Waals surface area contributed by atoms with Gasteiger partial charge in [-0.25, -0.2) is 4.79 Å². The Morgan fingerprint density at radius 2 is 1.86 bits per heavy atom. The van der Waals surface area contributed by atoms with Gasteiger partial charge in [-0.2, -0.15) is 13.2 Å². The largest absolute Gasteiger partial charge is 0.466 e. The summed E-state index contributed by atoms with van der Waals surface area (Å²) < 4.78 is 50.5. The third-order valence-corrected chi connectivity index (χ3v) is 3.75. The third kappa shape index (κ3) is 8.58. The molecule has 0 fully saturated rings. The van der Waals surface area contributed by atoms with Crippen LogP contribution >= 0.6 is 0 Å². The van der Waals surface area contributed by atoms with Gasteiger partial charge in [0, 0.05) is 6.42 Å². The molecular weight excluding hydrogens is 387 g/mol. The first-order valence-electron chi connectivity index (χ1n) is 9.37. The van der Waals surface area contributed by atoms with E-state index in [-0.39, 0.29) is 30.6 Å². The van der Waals surface area contributed by atoms with Crippen molar-refractivity contribution in [3.05, 3.63) is 41.0 Å². The van der Waals surface area contributed by atoms with Gasteiger partial charge in [-0.3, -0.25) is 4.79 Å². The number of carbonyl (C=O) groups excluding carboxylic acids is 2. The highest BCUT2D eigenvalue weighted by Gasteiger charge is 2.34. The highest BCUT2D eigenvalue weighted by atomic mass is 19.4. The number of alkyl halides is 3. The molecule has 5 nitrogen and oxygen atoms in total. The second kappa shape index (κ2) is 10.3. The van der Waals surface area contributed by atoms with Gasteiger partial charge < -0.3 is 14.8 Å². The molecule has 0 saturated heterocycles. The summed E-state index contributed by atoms with van der Waals surface area (Å²) in [5.74, 6) is -0.415. The summed E-state index contributed by atoms with van der Waals surface area (Å²) >= 11 is 0. The van der Waals surface area contributed by atoms with Crippen molar-refractivity contribution < 1.29 is 32.2 Å². The summed E-state index contributed by atoms with van der Waals surface area (Å²) in [5, 5.41) is 2.56. The maximum absolute atomic E-state index is 13.5. The van der Waals surface area contributed by atoms with E-state index in [4.69, 9.17) is 9.47 Å². The number of rotatable bonds is 7. The molecular formula is C21H28F3NO4.